The number of hydrazine groups is 1. The lowest BCUT2D eigenvalue weighted by atomic mass is 9.99. The van der Waals surface area contributed by atoms with Crippen molar-refractivity contribution < 1.29 is 4.39 Å². The number of halogens is 4. The average Bonchev–Trinajstić information content (AvgIpc) is 2.44. The van der Waals surface area contributed by atoms with Gasteiger partial charge in [-0.1, -0.05) is 53.0 Å². The van der Waals surface area contributed by atoms with Gasteiger partial charge < -0.3 is 0 Å². The van der Waals surface area contributed by atoms with Crippen LogP contribution in [0.15, 0.2) is 36.4 Å². The summed E-state index contributed by atoms with van der Waals surface area (Å²) in [6, 6.07) is 9.63. The lowest BCUT2D eigenvalue weighted by Gasteiger charge is -2.18. The maximum absolute atomic E-state index is 13.2. The molecule has 0 amide bonds. The van der Waals surface area contributed by atoms with Crippen LogP contribution in [0.2, 0.25) is 15.1 Å². The SMILES string of the molecule is NNC(Cc1cccc(Cl)c1Cl)c1ccc(F)c(Cl)c1. The minimum atomic E-state index is -0.466. The summed E-state index contributed by atoms with van der Waals surface area (Å²) in [5.74, 6) is 5.10. The van der Waals surface area contributed by atoms with Crippen LogP contribution in [0.3, 0.4) is 0 Å². The molecule has 1 atom stereocenters. The first-order valence-electron chi connectivity index (χ1n) is 5.87. The lowest BCUT2D eigenvalue weighted by molar-refractivity contribution is 0.549. The molecule has 1 unspecified atom stereocenters. The van der Waals surface area contributed by atoms with E-state index in [0.717, 1.165) is 11.1 Å². The van der Waals surface area contributed by atoms with Gasteiger partial charge in [-0.25, -0.2) is 4.39 Å². The molecule has 2 aromatic rings. The van der Waals surface area contributed by atoms with Gasteiger partial charge in [-0.3, -0.25) is 11.3 Å². The lowest BCUT2D eigenvalue weighted by Crippen LogP contribution is -2.29. The first-order chi connectivity index (χ1) is 9.52. The van der Waals surface area contributed by atoms with Crippen LogP contribution in [0.5, 0.6) is 0 Å². The molecule has 0 aliphatic heterocycles. The highest BCUT2D eigenvalue weighted by molar-refractivity contribution is 6.42. The summed E-state index contributed by atoms with van der Waals surface area (Å²) in [6.07, 6.45) is 0.512. The van der Waals surface area contributed by atoms with Crippen molar-refractivity contribution in [3.8, 4) is 0 Å². The Kier molecular flexibility index (Phi) is 5.24. The number of hydrogen-bond donors (Lipinski definition) is 2. The second kappa shape index (κ2) is 6.74. The van der Waals surface area contributed by atoms with Gasteiger partial charge in [-0.05, 0) is 35.7 Å². The van der Waals surface area contributed by atoms with Gasteiger partial charge in [-0.2, -0.15) is 0 Å². The first kappa shape index (κ1) is 15.5. The third kappa shape index (κ3) is 3.43. The van der Waals surface area contributed by atoms with Gasteiger partial charge in [0.2, 0.25) is 0 Å². The summed E-state index contributed by atoms with van der Waals surface area (Å²) < 4.78 is 13.2. The third-order valence-electron chi connectivity index (χ3n) is 3.00. The smallest absolute Gasteiger partial charge is 0.141 e. The molecule has 0 radical (unpaired) electrons. The highest BCUT2D eigenvalue weighted by atomic mass is 35.5. The van der Waals surface area contributed by atoms with Crippen molar-refractivity contribution in [1.82, 2.24) is 5.43 Å². The molecule has 0 bridgehead atoms. The zero-order valence-corrected chi connectivity index (χ0v) is 12.6. The fourth-order valence-corrected chi connectivity index (χ4v) is 2.51. The van der Waals surface area contributed by atoms with E-state index >= 15 is 0 Å². The average molecular weight is 334 g/mol. The highest BCUT2D eigenvalue weighted by Gasteiger charge is 2.15. The van der Waals surface area contributed by atoms with Crippen LogP contribution in [0.4, 0.5) is 4.39 Å². The monoisotopic (exact) mass is 332 g/mol. The quantitative estimate of drug-likeness (QED) is 0.637. The van der Waals surface area contributed by atoms with E-state index in [1.165, 1.54) is 6.07 Å². The van der Waals surface area contributed by atoms with Crippen LogP contribution in [0.25, 0.3) is 0 Å². The van der Waals surface area contributed by atoms with Crippen LogP contribution in [-0.4, -0.2) is 0 Å². The van der Waals surface area contributed by atoms with E-state index in [1.54, 1.807) is 18.2 Å². The van der Waals surface area contributed by atoms with Crippen LogP contribution in [-0.2, 0) is 6.42 Å². The second-order valence-electron chi connectivity index (χ2n) is 4.31. The fourth-order valence-electron chi connectivity index (χ4n) is 1.93. The Balaban J connectivity index is 2.28. The van der Waals surface area contributed by atoms with E-state index in [9.17, 15) is 4.39 Å². The van der Waals surface area contributed by atoms with Crippen molar-refractivity contribution in [2.45, 2.75) is 12.5 Å². The predicted molar refractivity (Wildman–Crippen MR) is 81.6 cm³/mol. The Bertz CT molecular complexity index is 619. The molecular formula is C14H12Cl3FN2. The van der Waals surface area contributed by atoms with Crippen molar-refractivity contribution in [1.29, 1.82) is 0 Å². The van der Waals surface area contributed by atoms with Crippen molar-refractivity contribution in [2.75, 3.05) is 0 Å². The van der Waals surface area contributed by atoms with E-state index in [0.29, 0.717) is 16.5 Å². The standard InChI is InChI=1S/C14H12Cl3FN2/c15-10-3-1-2-9(14(10)17)7-13(20-19)8-4-5-12(18)11(16)6-8/h1-6,13,20H,7,19H2. The molecule has 0 saturated heterocycles. The molecule has 0 aliphatic carbocycles. The van der Waals surface area contributed by atoms with Gasteiger partial charge in [0.25, 0.3) is 0 Å². The first-order valence-corrected chi connectivity index (χ1v) is 7.00. The van der Waals surface area contributed by atoms with Crippen LogP contribution in [0.1, 0.15) is 17.2 Å². The van der Waals surface area contributed by atoms with E-state index in [2.05, 4.69) is 5.43 Å². The highest BCUT2D eigenvalue weighted by Crippen LogP contribution is 2.30. The summed E-state index contributed by atoms with van der Waals surface area (Å²) >= 11 is 17.9. The van der Waals surface area contributed by atoms with Crippen molar-refractivity contribution in [3.05, 3.63) is 68.4 Å². The third-order valence-corrected chi connectivity index (χ3v) is 4.15. The minimum absolute atomic E-state index is 0.0555. The van der Waals surface area contributed by atoms with Crippen molar-refractivity contribution >= 4 is 34.8 Å². The Labute approximate surface area is 131 Å². The Morgan fingerprint density at radius 3 is 2.50 bits per heavy atom. The predicted octanol–water partition coefficient (Wildman–Crippen LogP) is 4.53. The molecule has 0 aromatic heterocycles. The van der Waals surface area contributed by atoms with Gasteiger partial charge in [-0.15, -0.1) is 0 Å². The van der Waals surface area contributed by atoms with Gasteiger partial charge in [0.1, 0.15) is 5.82 Å². The molecule has 0 fully saturated rings. The molecular weight excluding hydrogens is 322 g/mol. The number of nitrogens with one attached hydrogen (secondary N) is 1. The largest absolute Gasteiger partial charge is 0.271 e. The molecule has 0 saturated carbocycles. The zero-order valence-electron chi connectivity index (χ0n) is 10.3. The topological polar surface area (TPSA) is 38.0 Å². The molecule has 0 spiro atoms. The minimum Gasteiger partial charge on any atom is -0.271 e. The Morgan fingerprint density at radius 1 is 1.10 bits per heavy atom. The van der Waals surface area contributed by atoms with E-state index in [1.807, 2.05) is 12.1 Å². The molecule has 2 nitrogen and oxygen atoms in total. The zero-order chi connectivity index (χ0) is 14.7. The van der Waals surface area contributed by atoms with Crippen LogP contribution < -0.4 is 11.3 Å². The molecule has 0 heterocycles. The number of nitrogens with two attached hydrogens (primary N) is 1. The van der Waals surface area contributed by atoms with E-state index in [-0.39, 0.29) is 11.1 Å². The summed E-state index contributed by atoms with van der Waals surface area (Å²) in [5.41, 5.74) is 4.30. The van der Waals surface area contributed by atoms with Crippen LogP contribution in [0, 0.1) is 5.82 Å². The summed E-state index contributed by atoms with van der Waals surface area (Å²) in [6.45, 7) is 0. The van der Waals surface area contributed by atoms with Gasteiger partial charge in [0.15, 0.2) is 0 Å². The summed E-state index contributed by atoms with van der Waals surface area (Å²) in [4.78, 5) is 0. The van der Waals surface area contributed by atoms with Gasteiger partial charge in [0, 0.05) is 0 Å². The van der Waals surface area contributed by atoms with Gasteiger partial charge in [0.05, 0.1) is 21.1 Å². The molecule has 20 heavy (non-hydrogen) atoms. The normalized spacial score (nSPS) is 12.4. The molecule has 106 valence electrons. The van der Waals surface area contributed by atoms with Crippen LogP contribution >= 0.6 is 34.8 Å². The van der Waals surface area contributed by atoms with E-state index in [4.69, 9.17) is 40.6 Å². The number of rotatable bonds is 4. The molecule has 0 aliphatic rings. The maximum Gasteiger partial charge on any atom is 0.141 e. The van der Waals surface area contributed by atoms with E-state index < -0.39 is 5.82 Å². The van der Waals surface area contributed by atoms with Crippen molar-refractivity contribution in [3.63, 3.8) is 0 Å². The van der Waals surface area contributed by atoms with Gasteiger partial charge >= 0.3 is 0 Å². The maximum atomic E-state index is 13.2. The fraction of sp³-hybridized carbons (Fsp3) is 0.143. The number of benzene rings is 2. The Morgan fingerprint density at radius 2 is 1.85 bits per heavy atom. The summed E-state index contributed by atoms with van der Waals surface area (Å²) in [5, 5.41) is 1.03. The Hall–Kier alpha value is -0.840. The number of hydrogen-bond acceptors (Lipinski definition) is 2. The second-order valence-corrected chi connectivity index (χ2v) is 5.50. The summed E-state index contributed by atoms with van der Waals surface area (Å²) in [7, 11) is 0. The van der Waals surface area contributed by atoms with Crippen molar-refractivity contribution in [2.24, 2.45) is 5.84 Å². The molecule has 6 heteroatoms. The molecule has 3 N–H and O–H groups in total. The molecule has 2 aromatic carbocycles. The molecule has 2 rings (SSSR count).